The first-order valence-electron chi connectivity index (χ1n) is 12.0. The van der Waals surface area contributed by atoms with E-state index in [1.807, 2.05) is 6.92 Å². The van der Waals surface area contributed by atoms with Gasteiger partial charge in [-0.15, -0.1) is 0 Å². The minimum Gasteiger partial charge on any atom is -0.462 e. The second kappa shape index (κ2) is 9.38. The third-order valence-electron chi connectivity index (χ3n) is 6.27. The predicted octanol–water partition coefficient (Wildman–Crippen LogP) is 4.50. The van der Waals surface area contributed by atoms with Crippen LogP contribution in [0.15, 0.2) is 0 Å². The fraction of sp³-hybridized carbons (Fsp3) is 0.920. The van der Waals surface area contributed by atoms with Gasteiger partial charge in [-0.05, 0) is 61.8 Å². The van der Waals surface area contributed by atoms with Gasteiger partial charge in [0.2, 0.25) is 0 Å². The van der Waals surface area contributed by atoms with Gasteiger partial charge in [0.25, 0.3) is 0 Å². The summed E-state index contributed by atoms with van der Waals surface area (Å²) in [6.07, 6.45) is 4.35. The molecule has 1 unspecified atom stereocenters. The van der Waals surface area contributed by atoms with Crippen molar-refractivity contribution in [2.45, 2.75) is 142 Å². The molecule has 0 radical (unpaired) electrons. The Morgan fingerprint density at radius 1 is 0.774 bits per heavy atom. The molecule has 0 saturated carbocycles. The van der Waals surface area contributed by atoms with Gasteiger partial charge in [-0.1, -0.05) is 13.3 Å². The summed E-state index contributed by atoms with van der Waals surface area (Å²) < 4.78 is 11.8. The Labute approximate surface area is 189 Å². The van der Waals surface area contributed by atoms with Crippen molar-refractivity contribution in [2.75, 3.05) is 0 Å². The van der Waals surface area contributed by atoms with Crippen LogP contribution in [0.25, 0.3) is 0 Å². The summed E-state index contributed by atoms with van der Waals surface area (Å²) in [5, 5.41) is 7.21. The van der Waals surface area contributed by atoms with E-state index < -0.39 is 5.92 Å². The van der Waals surface area contributed by atoms with E-state index in [9.17, 15) is 9.59 Å². The Kier molecular flexibility index (Phi) is 7.90. The topological polar surface area (TPSA) is 76.7 Å². The molecule has 2 aliphatic rings. The number of rotatable bonds is 7. The highest BCUT2D eigenvalue weighted by Gasteiger charge is 2.41. The molecule has 1 atom stereocenters. The summed E-state index contributed by atoms with van der Waals surface area (Å²) in [4.78, 5) is 25.8. The maximum absolute atomic E-state index is 13.0. The molecule has 0 aliphatic carbocycles. The number of esters is 2. The molecule has 0 spiro atoms. The molecule has 6 nitrogen and oxygen atoms in total. The van der Waals surface area contributed by atoms with E-state index in [1.165, 1.54) is 0 Å². The summed E-state index contributed by atoms with van der Waals surface area (Å²) in [6.45, 7) is 19.1. The van der Waals surface area contributed by atoms with Crippen LogP contribution in [0.4, 0.5) is 0 Å². The van der Waals surface area contributed by atoms with Crippen molar-refractivity contribution in [2.24, 2.45) is 5.92 Å². The lowest BCUT2D eigenvalue weighted by Crippen LogP contribution is -2.60. The highest BCUT2D eigenvalue weighted by atomic mass is 16.6. The number of piperidine rings is 2. The molecule has 0 bridgehead atoms. The van der Waals surface area contributed by atoms with Crippen LogP contribution in [0.2, 0.25) is 0 Å². The first-order chi connectivity index (χ1) is 14.0. The Hall–Kier alpha value is -1.14. The number of carbonyl (C=O) groups is 2. The molecule has 2 rings (SSSR count). The lowest BCUT2D eigenvalue weighted by Gasteiger charge is -2.46. The van der Waals surface area contributed by atoms with Gasteiger partial charge in [0.1, 0.15) is 12.2 Å². The van der Waals surface area contributed by atoms with Crippen LogP contribution in [-0.2, 0) is 19.1 Å². The zero-order chi connectivity index (χ0) is 23.7. The molecule has 0 aromatic heterocycles. The van der Waals surface area contributed by atoms with Crippen LogP contribution in [0.1, 0.15) is 107 Å². The molecular formula is C25H46N2O4. The molecule has 180 valence electrons. The van der Waals surface area contributed by atoms with E-state index >= 15 is 0 Å². The van der Waals surface area contributed by atoms with Gasteiger partial charge in [0.15, 0.2) is 0 Å². The average Bonchev–Trinajstić information content (AvgIpc) is 2.47. The first kappa shape index (κ1) is 26.1. The largest absolute Gasteiger partial charge is 0.462 e. The third kappa shape index (κ3) is 8.38. The van der Waals surface area contributed by atoms with Crippen LogP contribution in [0.3, 0.4) is 0 Å². The average molecular weight is 439 g/mol. The fourth-order valence-electron chi connectivity index (χ4n) is 5.97. The van der Waals surface area contributed by atoms with Crippen molar-refractivity contribution in [3.8, 4) is 0 Å². The molecule has 6 heteroatoms. The summed E-state index contributed by atoms with van der Waals surface area (Å²) in [7, 11) is 0. The zero-order valence-corrected chi connectivity index (χ0v) is 21.3. The van der Waals surface area contributed by atoms with Crippen LogP contribution in [0, 0.1) is 5.92 Å². The Bertz CT molecular complexity index is 622. The van der Waals surface area contributed by atoms with Crippen LogP contribution >= 0.6 is 0 Å². The number of hydrogen-bond acceptors (Lipinski definition) is 6. The lowest BCUT2D eigenvalue weighted by molar-refractivity contribution is -0.165. The molecular weight excluding hydrogens is 392 g/mol. The third-order valence-corrected chi connectivity index (χ3v) is 6.27. The standard InChI is InChI=1S/C25H46N2O4/c1-10-11-17(21(29)31-19-15-24(6,7)27-25(8,9)16-19)12-20(28)30-18-13-22(2,3)26-23(4,5)14-18/h17-19,26-27H,10-16H2,1-9H3. The monoisotopic (exact) mass is 438 g/mol. The summed E-state index contributed by atoms with van der Waals surface area (Å²) in [5.74, 6) is -0.996. The Morgan fingerprint density at radius 3 is 1.55 bits per heavy atom. The maximum atomic E-state index is 13.0. The van der Waals surface area contributed by atoms with Gasteiger partial charge >= 0.3 is 11.9 Å². The number of carbonyl (C=O) groups excluding carboxylic acids is 2. The van der Waals surface area contributed by atoms with Crippen molar-refractivity contribution in [3.63, 3.8) is 0 Å². The van der Waals surface area contributed by atoms with Crippen LogP contribution < -0.4 is 10.6 Å². The lowest BCUT2D eigenvalue weighted by atomic mass is 9.81. The highest BCUT2D eigenvalue weighted by Crippen LogP contribution is 2.33. The summed E-state index contributed by atoms with van der Waals surface area (Å²) in [6, 6.07) is 0. The molecule has 0 aromatic carbocycles. The Morgan fingerprint density at radius 2 is 1.16 bits per heavy atom. The van der Waals surface area contributed by atoms with E-state index in [0.29, 0.717) is 6.42 Å². The number of nitrogens with one attached hydrogen (secondary N) is 2. The highest BCUT2D eigenvalue weighted by molar-refractivity contribution is 5.80. The molecule has 2 saturated heterocycles. The maximum Gasteiger partial charge on any atom is 0.309 e. The van der Waals surface area contributed by atoms with Gasteiger partial charge in [0, 0.05) is 47.8 Å². The predicted molar refractivity (Wildman–Crippen MR) is 124 cm³/mol. The van der Waals surface area contributed by atoms with Gasteiger partial charge in [-0.25, -0.2) is 0 Å². The van der Waals surface area contributed by atoms with Crippen molar-refractivity contribution in [3.05, 3.63) is 0 Å². The van der Waals surface area contributed by atoms with E-state index in [0.717, 1.165) is 32.1 Å². The SMILES string of the molecule is CCCC(CC(=O)OC1CC(C)(C)NC(C)(C)C1)C(=O)OC1CC(C)(C)NC(C)(C)C1. The van der Waals surface area contributed by atoms with Gasteiger partial charge in [0.05, 0.1) is 12.3 Å². The van der Waals surface area contributed by atoms with Crippen molar-refractivity contribution in [1.29, 1.82) is 0 Å². The molecule has 2 aliphatic heterocycles. The molecule has 31 heavy (non-hydrogen) atoms. The van der Waals surface area contributed by atoms with Gasteiger partial charge in [-0.2, -0.15) is 0 Å². The normalized spacial score (nSPS) is 26.1. The molecule has 0 amide bonds. The van der Waals surface area contributed by atoms with Gasteiger partial charge < -0.3 is 20.1 Å². The van der Waals surface area contributed by atoms with Crippen LogP contribution in [0.5, 0.6) is 0 Å². The van der Waals surface area contributed by atoms with E-state index in [2.05, 4.69) is 66.0 Å². The second-order valence-corrected chi connectivity index (χ2v) is 12.5. The van der Waals surface area contributed by atoms with Crippen molar-refractivity contribution in [1.82, 2.24) is 10.6 Å². The van der Waals surface area contributed by atoms with Crippen molar-refractivity contribution < 1.29 is 19.1 Å². The first-order valence-corrected chi connectivity index (χ1v) is 12.0. The van der Waals surface area contributed by atoms with Crippen molar-refractivity contribution >= 4 is 11.9 Å². The second-order valence-electron chi connectivity index (χ2n) is 12.5. The minimum atomic E-state index is -0.443. The van der Waals surface area contributed by atoms with Crippen LogP contribution in [-0.4, -0.2) is 46.3 Å². The fourth-order valence-corrected chi connectivity index (χ4v) is 5.97. The number of ether oxygens (including phenoxy) is 2. The van der Waals surface area contributed by atoms with E-state index in [1.54, 1.807) is 0 Å². The van der Waals surface area contributed by atoms with Gasteiger partial charge in [-0.3, -0.25) is 9.59 Å². The van der Waals surface area contributed by atoms with E-state index in [4.69, 9.17) is 9.47 Å². The molecule has 0 aromatic rings. The molecule has 2 fully saturated rings. The minimum absolute atomic E-state index is 0.0925. The summed E-state index contributed by atoms with van der Waals surface area (Å²) in [5.41, 5.74) is -0.382. The number of hydrogen-bond donors (Lipinski definition) is 2. The zero-order valence-electron chi connectivity index (χ0n) is 21.3. The molecule has 2 heterocycles. The smallest absolute Gasteiger partial charge is 0.309 e. The summed E-state index contributed by atoms with van der Waals surface area (Å²) >= 11 is 0. The Balaban J connectivity index is 1.97. The molecule has 2 N–H and O–H groups in total. The van der Waals surface area contributed by atoms with E-state index in [-0.39, 0.29) is 52.7 Å². The quantitative estimate of drug-likeness (QED) is 0.570.